The molecule has 2 aromatic heterocycles. The van der Waals surface area contributed by atoms with E-state index in [1.165, 1.54) is 0 Å². The van der Waals surface area contributed by atoms with Gasteiger partial charge < -0.3 is 9.32 Å². The topological polar surface area (TPSA) is 51.3 Å². The molecule has 0 N–H and O–H groups in total. The van der Waals surface area contributed by atoms with Gasteiger partial charge in [0.05, 0.1) is 12.6 Å². The van der Waals surface area contributed by atoms with Crippen molar-refractivity contribution in [2.24, 2.45) is 0 Å². The number of nitrogens with zero attached hydrogens (tertiary/aromatic N) is 3. The molecule has 118 valence electrons. The molecule has 1 amide bonds. The first-order valence-electron chi connectivity index (χ1n) is 7.68. The summed E-state index contributed by atoms with van der Waals surface area (Å²) in [5.74, 6) is 0.307. The van der Waals surface area contributed by atoms with Crippen LogP contribution in [0.4, 0.5) is 0 Å². The average molecular weight is 330 g/mol. The van der Waals surface area contributed by atoms with Gasteiger partial charge in [-0.3, -0.25) is 9.48 Å². The Morgan fingerprint density at radius 1 is 1.39 bits per heavy atom. The maximum Gasteiger partial charge on any atom is 0.289 e. The number of amides is 1. The summed E-state index contributed by atoms with van der Waals surface area (Å²) in [5, 5.41) is 5.72. The number of aromatic nitrogens is 2. The number of likely N-dealkylation sites (tertiary alicyclic amines) is 1. The predicted molar refractivity (Wildman–Crippen MR) is 87.5 cm³/mol. The fraction of sp³-hybridized carbons (Fsp3) is 0.294. The Kier molecular flexibility index (Phi) is 3.58. The zero-order chi connectivity index (χ0) is 15.8. The van der Waals surface area contributed by atoms with Crippen LogP contribution in [-0.2, 0) is 6.54 Å². The molecule has 6 heteroatoms. The maximum atomic E-state index is 12.8. The van der Waals surface area contributed by atoms with Gasteiger partial charge in [0.15, 0.2) is 5.76 Å². The van der Waals surface area contributed by atoms with E-state index in [0.29, 0.717) is 22.9 Å². The molecular weight excluding hydrogens is 314 g/mol. The van der Waals surface area contributed by atoms with E-state index in [1.807, 2.05) is 27.9 Å². The molecule has 4 rings (SSSR count). The number of rotatable bonds is 3. The zero-order valence-corrected chi connectivity index (χ0v) is 13.2. The van der Waals surface area contributed by atoms with E-state index < -0.39 is 0 Å². The molecule has 1 aromatic carbocycles. The molecule has 0 aliphatic carbocycles. The van der Waals surface area contributed by atoms with Crippen LogP contribution in [0.1, 0.15) is 23.4 Å². The van der Waals surface area contributed by atoms with Crippen molar-refractivity contribution < 1.29 is 9.21 Å². The third kappa shape index (κ3) is 2.72. The fourth-order valence-electron chi connectivity index (χ4n) is 3.18. The third-order valence-electron chi connectivity index (χ3n) is 4.28. The number of hydrogen-bond acceptors (Lipinski definition) is 3. The highest BCUT2D eigenvalue weighted by molar-refractivity contribution is 6.31. The van der Waals surface area contributed by atoms with Gasteiger partial charge in [-0.25, -0.2) is 0 Å². The minimum Gasteiger partial charge on any atom is -0.451 e. The Morgan fingerprint density at radius 3 is 3.13 bits per heavy atom. The van der Waals surface area contributed by atoms with Gasteiger partial charge in [0.25, 0.3) is 5.91 Å². The largest absolute Gasteiger partial charge is 0.451 e. The molecule has 1 saturated heterocycles. The number of halogens is 1. The smallest absolute Gasteiger partial charge is 0.289 e. The van der Waals surface area contributed by atoms with Crippen LogP contribution in [0, 0.1) is 0 Å². The maximum absolute atomic E-state index is 12.8. The van der Waals surface area contributed by atoms with Crippen molar-refractivity contribution in [1.29, 1.82) is 0 Å². The highest BCUT2D eigenvalue weighted by atomic mass is 35.5. The molecule has 0 spiro atoms. The van der Waals surface area contributed by atoms with Crippen molar-refractivity contribution >= 4 is 28.5 Å². The monoisotopic (exact) mass is 329 g/mol. The van der Waals surface area contributed by atoms with E-state index in [2.05, 4.69) is 5.10 Å². The van der Waals surface area contributed by atoms with Crippen molar-refractivity contribution in [3.63, 3.8) is 0 Å². The van der Waals surface area contributed by atoms with Crippen LogP contribution in [0.15, 0.2) is 47.1 Å². The Morgan fingerprint density at radius 2 is 2.30 bits per heavy atom. The van der Waals surface area contributed by atoms with Crippen molar-refractivity contribution in [1.82, 2.24) is 14.7 Å². The predicted octanol–water partition coefficient (Wildman–Crippen LogP) is 3.59. The minimum atomic E-state index is -0.0630. The molecule has 1 fully saturated rings. The molecule has 1 atom stereocenters. The van der Waals surface area contributed by atoms with Crippen molar-refractivity contribution in [2.45, 2.75) is 25.4 Å². The van der Waals surface area contributed by atoms with Gasteiger partial charge in [0.1, 0.15) is 5.58 Å². The summed E-state index contributed by atoms with van der Waals surface area (Å²) in [5.41, 5.74) is 0.681. The summed E-state index contributed by atoms with van der Waals surface area (Å²) in [7, 11) is 0. The number of hydrogen-bond donors (Lipinski definition) is 0. The summed E-state index contributed by atoms with van der Waals surface area (Å²) < 4.78 is 7.58. The van der Waals surface area contributed by atoms with Crippen LogP contribution in [0.25, 0.3) is 11.0 Å². The van der Waals surface area contributed by atoms with E-state index in [-0.39, 0.29) is 11.9 Å². The number of carbonyl (C=O) groups is 1. The van der Waals surface area contributed by atoms with E-state index in [1.54, 1.807) is 24.4 Å². The molecule has 3 heterocycles. The molecule has 3 aromatic rings. The fourth-order valence-corrected chi connectivity index (χ4v) is 3.36. The van der Waals surface area contributed by atoms with Gasteiger partial charge in [0, 0.05) is 29.3 Å². The SMILES string of the molecule is O=C(c1cc2cc(Cl)ccc2o1)N1CCC[C@@H]1Cn1cccn1. The normalized spacial score (nSPS) is 18.0. The summed E-state index contributed by atoms with van der Waals surface area (Å²) in [6.07, 6.45) is 5.66. The van der Waals surface area contributed by atoms with Crippen molar-refractivity contribution in [3.05, 3.63) is 53.5 Å². The van der Waals surface area contributed by atoms with E-state index >= 15 is 0 Å². The number of fused-ring (bicyclic) bond motifs is 1. The lowest BCUT2D eigenvalue weighted by atomic mass is 10.2. The Hall–Kier alpha value is -2.27. The van der Waals surface area contributed by atoms with Crippen LogP contribution >= 0.6 is 11.6 Å². The van der Waals surface area contributed by atoms with Crippen LogP contribution in [0.5, 0.6) is 0 Å². The third-order valence-corrected chi connectivity index (χ3v) is 4.52. The Bertz CT molecular complexity index is 841. The first kappa shape index (κ1) is 14.3. The number of benzene rings is 1. The highest BCUT2D eigenvalue weighted by Crippen LogP contribution is 2.26. The van der Waals surface area contributed by atoms with Gasteiger partial charge in [-0.15, -0.1) is 0 Å². The quantitative estimate of drug-likeness (QED) is 0.738. The average Bonchev–Trinajstić information content (AvgIpc) is 3.26. The van der Waals surface area contributed by atoms with Gasteiger partial charge in [-0.05, 0) is 43.2 Å². The summed E-state index contributed by atoms with van der Waals surface area (Å²) in [6.45, 7) is 1.47. The molecule has 1 aliphatic heterocycles. The lowest BCUT2D eigenvalue weighted by molar-refractivity contribution is 0.0691. The van der Waals surface area contributed by atoms with Gasteiger partial charge in [0.2, 0.25) is 0 Å². The molecular formula is C17H16ClN3O2. The molecule has 1 aliphatic rings. The lowest BCUT2D eigenvalue weighted by Gasteiger charge is -2.23. The zero-order valence-electron chi connectivity index (χ0n) is 12.5. The van der Waals surface area contributed by atoms with Crippen LogP contribution in [-0.4, -0.2) is 33.2 Å². The molecule has 0 bridgehead atoms. The van der Waals surface area contributed by atoms with Crippen LogP contribution < -0.4 is 0 Å². The second-order valence-corrected chi connectivity index (χ2v) is 6.25. The molecule has 5 nitrogen and oxygen atoms in total. The number of carbonyl (C=O) groups excluding carboxylic acids is 1. The highest BCUT2D eigenvalue weighted by Gasteiger charge is 2.31. The second-order valence-electron chi connectivity index (χ2n) is 5.82. The molecule has 0 saturated carbocycles. The molecule has 0 unspecified atom stereocenters. The first-order valence-corrected chi connectivity index (χ1v) is 8.06. The number of furan rings is 1. The second kappa shape index (κ2) is 5.74. The summed E-state index contributed by atoms with van der Waals surface area (Å²) in [4.78, 5) is 14.7. The van der Waals surface area contributed by atoms with Gasteiger partial charge in [-0.2, -0.15) is 5.10 Å². The van der Waals surface area contributed by atoms with Gasteiger partial charge in [-0.1, -0.05) is 11.6 Å². The van der Waals surface area contributed by atoms with Crippen molar-refractivity contribution in [2.75, 3.05) is 6.54 Å². The summed E-state index contributed by atoms with van der Waals surface area (Å²) in [6, 6.07) is 9.18. The van der Waals surface area contributed by atoms with E-state index in [4.69, 9.17) is 16.0 Å². The summed E-state index contributed by atoms with van der Waals surface area (Å²) >= 11 is 5.99. The lowest BCUT2D eigenvalue weighted by Crippen LogP contribution is -2.38. The van der Waals surface area contributed by atoms with E-state index in [0.717, 1.165) is 24.8 Å². The Balaban J connectivity index is 1.58. The Labute approximate surface area is 138 Å². The van der Waals surface area contributed by atoms with Crippen LogP contribution in [0.2, 0.25) is 5.02 Å². The van der Waals surface area contributed by atoms with Gasteiger partial charge >= 0.3 is 0 Å². The van der Waals surface area contributed by atoms with E-state index in [9.17, 15) is 4.79 Å². The molecule has 0 radical (unpaired) electrons. The molecule has 23 heavy (non-hydrogen) atoms. The first-order chi connectivity index (χ1) is 11.2. The van der Waals surface area contributed by atoms with Crippen LogP contribution in [0.3, 0.4) is 0 Å². The van der Waals surface area contributed by atoms with Crippen molar-refractivity contribution in [3.8, 4) is 0 Å². The minimum absolute atomic E-state index is 0.0630. The standard InChI is InChI=1S/C17H16ClN3O2/c18-13-4-5-15-12(9-13)10-16(23-15)17(22)21-8-1-3-14(21)11-20-7-2-6-19-20/h2,4-7,9-10,14H,1,3,8,11H2/t14-/m1/s1.